The third kappa shape index (κ3) is 2.34. The van der Waals surface area contributed by atoms with Crippen molar-refractivity contribution in [2.75, 3.05) is 7.11 Å². The third-order valence-electron chi connectivity index (χ3n) is 3.78. The monoisotopic (exact) mass is 318 g/mol. The number of aromatic hydroxyl groups is 1. The molecule has 6 heteroatoms. The molecule has 0 spiro atoms. The topological polar surface area (TPSA) is 83.9 Å². The van der Waals surface area contributed by atoms with E-state index in [9.17, 15) is 5.11 Å². The molecule has 24 heavy (non-hydrogen) atoms. The summed E-state index contributed by atoms with van der Waals surface area (Å²) in [6, 6.07) is 12.8. The summed E-state index contributed by atoms with van der Waals surface area (Å²) in [5, 5.41) is 10.3. The predicted octanol–water partition coefficient (Wildman–Crippen LogP) is 3.40. The summed E-state index contributed by atoms with van der Waals surface area (Å²) in [6.07, 6.45) is 3.36. The van der Waals surface area contributed by atoms with Crippen molar-refractivity contribution in [3.05, 3.63) is 54.9 Å². The fourth-order valence-corrected chi connectivity index (χ4v) is 2.64. The number of imidazole rings is 1. The van der Waals surface area contributed by atoms with Gasteiger partial charge in [0.05, 0.1) is 18.2 Å². The van der Waals surface area contributed by atoms with Crippen LogP contribution in [-0.4, -0.2) is 32.2 Å². The summed E-state index contributed by atoms with van der Waals surface area (Å²) >= 11 is 0. The smallest absolute Gasteiger partial charge is 0.221 e. The number of hydrogen-bond acceptors (Lipinski definition) is 5. The molecule has 4 rings (SSSR count). The lowest BCUT2D eigenvalue weighted by Crippen LogP contribution is -1.91. The lowest BCUT2D eigenvalue weighted by Gasteiger charge is -2.09. The molecule has 0 fully saturated rings. The highest BCUT2D eigenvalue weighted by atomic mass is 16.5. The van der Waals surface area contributed by atoms with Gasteiger partial charge < -0.3 is 14.8 Å². The van der Waals surface area contributed by atoms with Gasteiger partial charge in [0, 0.05) is 18.0 Å². The number of aromatic amines is 1. The molecule has 0 atom stereocenters. The summed E-state index contributed by atoms with van der Waals surface area (Å²) in [6.45, 7) is 0. The van der Waals surface area contributed by atoms with Crippen LogP contribution in [0.4, 0.5) is 0 Å². The van der Waals surface area contributed by atoms with Gasteiger partial charge in [-0.1, -0.05) is 6.07 Å². The Balaban J connectivity index is 1.87. The molecular weight excluding hydrogens is 304 g/mol. The summed E-state index contributed by atoms with van der Waals surface area (Å²) in [7, 11) is 1.58. The van der Waals surface area contributed by atoms with E-state index in [1.807, 2.05) is 36.4 Å². The van der Waals surface area contributed by atoms with E-state index >= 15 is 0 Å². The molecule has 0 amide bonds. The van der Waals surface area contributed by atoms with E-state index in [4.69, 9.17) is 4.74 Å². The van der Waals surface area contributed by atoms with Gasteiger partial charge in [-0.25, -0.2) is 15.0 Å². The van der Waals surface area contributed by atoms with Gasteiger partial charge in [0.25, 0.3) is 0 Å². The number of ether oxygens (including phenoxy) is 1. The average molecular weight is 318 g/mol. The second-order valence-corrected chi connectivity index (χ2v) is 5.25. The molecule has 4 aromatic rings. The first-order valence-corrected chi connectivity index (χ1v) is 7.40. The van der Waals surface area contributed by atoms with Crippen molar-refractivity contribution in [1.82, 2.24) is 19.9 Å². The molecule has 0 aliphatic rings. The van der Waals surface area contributed by atoms with Crippen LogP contribution in [0.3, 0.4) is 0 Å². The van der Waals surface area contributed by atoms with Crippen molar-refractivity contribution in [3.8, 4) is 34.1 Å². The molecule has 0 bridgehead atoms. The van der Waals surface area contributed by atoms with Gasteiger partial charge in [-0.15, -0.1) is 0 Å². The van der Waals surface area contributed by atoms with Gasteiger partial charge >= 0.3 is 0 Å². The van der Waals surface area contributed by atoms with Crippen molar-refractivity contribution in [2.24, 2.45) is 0 Å². The maximum atomic E-state index is 10.3. The van der Waals surface area contributed by atoms with Crippen LogP contribution in [0.15, 0.2) is 54.9 Å². The number of methoxy groups -OCH3 is 1. The Hall–Kier alpha value is -3.41. The fourth-order valence-electron chi connectivity index (χ4n) is 2.64. The normalized spacial score (nSPS) is 10.9. The molecule has 0 aliphatic heterocycles. The molecule has 118 valence electrons. The van der Waals surface area contributed by atoms with Crippen LogP contribution in [0.5, 0.6) is 11.6 Å². The first kappa shape index (κ1) is 14.2. The standard InChI is InChI=1S/C18H14N4O2/c1-24-18-12(4-2-9-20-18)11-6-7-15(23)13(10-11)16-21-14-5-3-8-19-17(14)22-16/h2-10,23H,1H3,(H,19,21,22). The van der Waals surface area contributed by atoms with Crippen LogP contribution in [0, 0.1) is 0 Å². The summed E-state index contributed by atoms with van der Waals surface area (Å²) in [5.41, 5.74) is 3.74. The number of aromatic nitrogens is 4. The van der Waals surface area contributed by atoms with E-state index in [-0.39, 0.29) is 5.75 Å². The Morgan fingerprint density at radius 3 is 2.67 bits per heavy atom. The van der Waals surface area contributed by atoms with E-state index in [0.717, 1.165) is 16.6 Å². The van der Waals surface area contributed by atoms with E-state index in [0.29, 0.717) is 22.9 Å². The molecule has 6 nitrogen and oxygen atoms in total. The van der Waals surface area contributed by atoms with Gasteiger partial charge in [0.1, 0.15) is 11.6 Å². The Morgan fingerprint density at radius 1 is 1.00 bits per heavy atom. The second-order valence-electron chi connectivity index (χ2n) is 5.25. The number of fused-ring (bicyclic) bond motifs is 1. The number of benzene rings is 1. The van der Waals surface area contributed by atoms with Crippen molar-refractivity contribution in [1.29, 1.82) is 0 Å². The first-order valence-electron chi connectivity index (χ1n) is 7.40. The van der Waals surface area contributed by atoms with E-state index in [1.165, 1.54) is 0 Å². The number of phenolic OH excluding ortho intramolecular Hbond substituents is 1. The zero-order valence-corrected chi connectivity index (χ0v) is 12.9. The number of rotatable bonds is 3. The molecule has 1 aromatic carbocycles. The van der Waals surface area contributed by atoms with Crippen LogP contribution >= 0.6 is 0 Å². The average Bonchev–Trinajstić information content (AvgIpc) is 3.06. The molecule has 0 saturated heterocycles. The van der Waals surface area contributed by atoms with Gasteiger partial charge in [0.2, 0.25) is 5.88 Å². The van der Waals surface area contributed by atoms with Crippen LogP contribution < -0.4 is 4.74 Å². The lowest BCUT2D eigenvalue weighted by atomic mass is 10.0. The summed E-state index contributed by atoms with van der Waals surface area (Å²) in [5.74, 6) is 1.23. The van der Waals surface area contributed by atoms with Crippen LogP contribution in [-0.2, 0) is 0 Å². The number of phenols is 1. The lowest BCUT2D eigenvalue weighted by molar-refractivity contribution is 0.399. The van der Waals surface area contributed by atoms with Crippen molar-refractivity contribution in [2.45, 2.75) is 0 Å². The van der Waals surface area contributed by atoms with E-state index in [1.54, 1.807) is 25.6 Å². The second kappa shape index (κ2) is 5.66. The van der Waals surface area contributed by atoms with Crippen LogP contribution in [0.25, 0.3) is 33.7 Å². The molecular formula is C18H14N4O2. The molecule has 0 unspecified atom stereocenters. The summed E-state index contributed by atoms with van der Waals surface area (Å²) in [4.78, 5) is 16.1. The van der Waals surface area contributed by atoms with Crippen molar-refractivity contribution in [3.63, 3.8) is 0 Å². The van der Waals surface area contributed by atoms with Gasteiger partial charge in [-0.05, 0) is 42.0 Å². The van der Waals surface area contributed by atoms with Crippen LogP contribution in [0.2, 0.25) is 0 Å². The van der Waals surface area contributed by atoms with Crippen molar-refractivity contribution >= 4 is 11.2 Å². The zero-order valence-electron chi connectivity index (χ0n) is 12.9. The molecule has 3 heterocycles. The maximum Gasteiger partial charge on any atom is 0.221 e. The van der Waals surface area contributed by atoms with Crippen LogP contribution in [0.1, 0.15) is 0 Å². The Morgan fingerprint density at radius 2 is 1.83 bits per heavy atom. The number of H-pyrrole nitrogens is 1. The molecule has 3 aromatic heterocycles. The number of nitrogens with zero attached hydrogens (tertiary/aromatic N) is 3. The van der Waals surface area contributed by atoms with E-state index < -0.39 is 0 Å². The molecule has 0 aliphatic carbocycles. The third-order valence-corrected chi connectivity index (χ3v) is 3.78. The first-order chi connectivity index (χ1) is 11.8. The fraction of sp³-hybridized carbons (Fsp3) is 0.0556. The minimum atomic E-state index is 0.140. The van der Waals surface area contributed by atoms with Gasteiger partial charge in [-0.3, -0.25) is 0 Å². The molecule has 0 saturated carbocycles. The Bertz CT molecular complexity index is 993. The maximum absolute atomic E-state index is 10.3. The quantitative estimate of drug-likeness (QED) is 0.605. The minimum Gasteiger partial charge on any atom is -0.507 e. The van der Waals surface area contributed by atoms with Gasteiger partial charge in [0.15, 0.2) is 5.65 Å². The van der Waals surface area contributed by atoms with E-state index in [2.05, 4.69) is 19.9 Å². The number of nitrogens with one attached hydrogen (secondary N) is 1. The van der Waals surface area contributed by atoms with Crippen molar-refractivity contribution < 1.29 is 9.84 Å². The molecule has 2 N–H and O–H groups in total. The SMILES string of the molecule is COc1ncccc1-c1ccc(O)c(-c2nc3ncccc3[nH]2)c1. The van der Waals surface area contributed by atoms with Gasteiger partial charge in [-0.2, -0.15) is 0 Å². The Kier molecular flexibility index (Phi) is 3.35. The number of hydrogen-bond donors (Lipinski definition) is 2. The summed E-state index contributed by atoms with van der Waals surface area (Å²) < 4.78 is 5.32. The molecule has 0 radical (unpaired) electrons. The largest absolute Gasteiger partial charge is 0.507 e. The zero-order chi connectivity index (χ0) is 16.5. The predicted molar refractivity (Wildman–Crippen MR) is 90.8 cm³/mol. The highest BCUT2D eigenvalue weighted by molar-refractivity contribution is 5.81. The Labute approximate surface area is 137 Å². The highest BCUT2D eigenvalue weighted by Crippen LogP contribution is 2.35. The minimum absolute atomic E-state index is 0.140. The highest BCUT2D eigenvalue weighted by Gasteiger charge is 2.14. The number of pyridine rings is 2.